The topological polar surface area (TPSA) is 29.3 Å². The van der Waals surface area contributed by atoms with E-state index in [4.69, 9.17) is 5.73 Å². The van der Waals surface area contributed by atoms with Crippen LogP contribution in [-0.4, -0.2) is 24.0 Å². The summed E-state index contributed by atoms with van der Waals surface area (Å²) in [4.78, 5) is 2.65. The smallest absolute Gasteiger partial charge is 0.0391 e. The Balaban J connectivity index is 1.85. The van der Waals surface area contributed by atoms with Crippen LogP contribution in [0.25, 0.3) is 0 Å². The first-order valence-electron chi connectivity index (χ1n) is 8.26. The average Bonchev–Trinajstić information content (AvgIpc) is 3.31. The Morgan fingerprint density at radius 2 is 1.75 bits per heavy atom. The van der Waals surface area contributed by atoms with Crippen molar-refractivity contribution < 1.29 is 0 Å². The molecule has 0 amide bonds. The predicted molar refractivity (Wildman–Crippen MR) is 84.8 cm³/mol. The van der Waals surface area contributed by atoms with Gasteiger partial charge in [0.25, 0.3) is 0 Å². The fourth-order valence-electron chi connectivity index (χ4n) is 3.78. The van der Waals surface area contributed by atoms with Gasteiger partial charge < -0.3 is 5.73 Å². The molecule has 2 N–H and O–H groups in total. The molecule has 2 aliphatic rings. The molecule has 1 aromatic rings. The van der Waals surface area contributed by atoms with E-state index in [0.29, 0.717) is 18.0 Å². The minimum absolute atomic E-state index is 0.516. The van der Waals surface area contributed by atoms with Gasteiger partial charge in [0.1, 0.15) is 0 Å². The first-order chi connectivity index (χ1) is 9.70. The number of nitrogens with zero attached hydrogens (tertiary/aromatic N) is 1. The summed E-state index contributed by atoms with van der Waals surface area (Å²) in [7, 11) is 0. The van der Waals surface area contributed by atoms with Crippen LogP contribution in [0.3, 0.4) is 0 Å². The third-order valence-corrected chi connectivity index (χ3v) is 5.09. The molecule has 1 aliphatic heterocycles. The van der Waals surface area contributed by atoms with E-state index in [2.05, 4.69) is 43.0 Å². The van der Waals surface area contributed by atoms with E-state index in [9.17, 15) is 0 Å². The van der Waals surface area contributed by atoms with Crippen molar-refractivity contribution in [3.8, 4) is 0 Å². The molecule has 2 fully saturated rings. The Hall–Kier alpha value is -0.860. The van der Waals surface area contributed by atoms with E-state index < -0.39 is 0 Å². The van der Waals surface area contributed by atoms with Gasteiger partial charge in [0.05, 0.1) is 0 Å². The van der Waals surface area contributed by atoms with Crippen LogP contribution in [0.5, 0.6) is 0 Å². The molecule has 2 unspecified atom stereocenters. The maximum atomic E-state index is 6.05. The van der Waals surface area contributed by atoms with Gasteiger partial charge in [-0.05, 0) is 75.6 Å². The van der Waals surface area contributed by atoms with Gasteiger partial charge in [0, 0.05) is 12.1 Å². The Morgan fingerprint density at radius 1 is 1.10 bits per heavy atom. The van der Waals surface area contributed by atoms with E-state index in [1.807, 2.05) is 0 Å². The number of rotatable bonds is 4. The van der Waals surface area contributed by atoms with Crippen LogP contribution in [0.1, 0.15) is 62.6 Å². The Morgan fingerprint density at radius 3 is 2.30 bits per heavy atom. The van der Waals surface area contributed by atoms with Crippen LogP contribution in [0.15, 0.2) is 24.3 Å². The van der Waals surface area contributed by atoms with Gasteiger partial charge >= 0.3 is 0 Å². The third kappa shape index (κ3) is 2.77. The summed E-state index contributed by atoms with van der Waals surface area (Å²) in [5, 5.41) is 0. The molecule has 0 aromatic heterocycles. The molecule has 1 aromatic carbocycles. The van der Waals surface area contributed by atoms with Crippen molar-refractivity contribution in [2.45, 2.75) is 57.5 Å². The van der Waals surface area contributed by atoms with E-state index >= 15 is 0 Å². The van der Waals surface area contributed by atoms with Crippen molar-refractivity contribution in [2.75, 3.05) is 13.1 Å². The number of hydrogen-bond acceptors (Lipinski definition) is 2. The summed E-state index contributed by atoms with van der Waals surface area (Å²) in [6.07, 6.45) is 5.32. The summed E-state index contributed by atoms with van der Waals surface area (Å²) >= 11 is 0. The normalized spacial score (nSPS) is 28.0. The van der Waals surface area contributed by atoms with Gasteiger partial charge in [-0.2, -0.15) is 0 Å². The van der Waals surface area contributed by atoms with Gasteiger partial charge in [-0.15, -0.1) is 0 Å². The first kappa shape index (κ1) is 14.1. The average molecular weight is 272 g/mol. The molecule has 1 saturated carbocycles. The SMILES string of the molecule is CC(C)N1CCCC(CN)C1c1ccc(C2CC2)cc1. The molecular weight excluding hydrogens is 244 g/mol. The number of nitrogens with two attached hydrogens (primary N) is 1. The summed E-state index contributed by atoms with van der Waals surface area (Å²) in [6.45, 7) is 6.64. The van der Waals surface area contributed by atoms with Crippen LogP contribution in [-0.2, 0) is 0 Å². The lowest BCUT2D eigenvalue weighted by atomic mass is 9.83. The highest BCUT2D eigenvalue weighted by atomic mass is 15.2. The van der Waals surface area contributed by atoms with Gasteiger partial charge in [-0.3, -0.25) is 4.90 Å². The van der Waals surface area contributed by atoms with Gasteiger partial charge in [0.2, 0.25) is 0 Å². The zero-order valence-electron chi connectivity index (χ0n) is 12.9. The second-order valence-corrected chi connectivity index (χ2v) is 6.86. The van der Waals surface area contributed by atoms with Crippen LogP contribution >= 0.6 is 0 Å². The van der Waals surface area contributed by atoms with Crippen LogP contribution < -0.4 is 5.73 Å². The Labute approximate surface area is 123 Å². The zero-order chi connectivity index (χ0) is 14.1. The van der Waals surface area contributed by atoms with Crippen LogP contribution in [0.2, 0.25) is 0 Å². The molecule has 20 heavy (non-hydrogen) atoms. The summed E-state index contributed by atoms with van der Waals surface area (Å²) < 4.78 is 0. The lowest BCUT2D eigenvalue weighted by Crippen LogP contribution is -2.44. The molecular formula is C18H28N2. The molecule has 0 bridgehead atoms. The Kier molecular flexibility index (Phi) is 4.13. The highest BCUT2D eigenvalue weighted by molar-refractivity contribution is 5.30. The van der Waals surface area contributed by atoms with Crippen molar-refractivity contribution in [3.63, 3.8) is 0 Å². The van der Waals surface area contributed by atoms with E-state index in [-0.39, 0.29) is 0 Å². The molecule has 1 aliphatic carbocycles. The van der Waals surface area contributed by atoms with Crippen molar-refractivity contribution in [3.05, 3.63) is 35.4 Å². The molecule has 2 atom stereocenters. The highest BCUT2D eigenvalue weighted by Gasteiger charge is 2.33. The number of piperidine rings is 1. The van der Waals surface area contributed by atoms with E-state index in [0.717, 1.165) is 12.5 Å². The standard InChI is InChI=1S/C18H28N2/c1-13(2)20-11-3-4-17(12-19)18(20)16-9-7-15(8-10-16)14-5-6-14/h7-10,13-14,17-18H,3-6,11-12,19H2,1-2H3. The molecule has 1 saturated heterocycles. The van der Waals surface area contributed by atoms with Gasteiger partial charge in [-0.25, -0.2) is 0 Å². The Bertz CT molecular complexity index is 433. The predicted octanol–water partition coefficient (Wildman–Crippen LogP) is 3.68. The second-order valence-electron chi connectivity index (χ2n) is 6.86. The lowest BCUT2D eigenvalue weighted by Gasteiger charge is -2.43. The molecule has 2 heteroatoms. The summed E-state index contributed by atoms with van der Waals surface area (Å²) in [5.41, 5.74) is 9.06. The maximum absolute atomic E-state index is 6.05. The van der Waals surface area contributed by atoms with Crippen LogP contribution in [0.4, 0.5) is 0 Å². The molecule has 110 valence electrons. The number of hydrogen-bond donors (Lipinski definition) is 1. The van der Waals surface area contributed by atoms with Crippen LogP contribution in [0, 0.1) is 5.92 Å². The molecule has 0 radical (unpaired) electrons. The van der Waals surface area contributed by atoms with Crippen molar-refractivity contribution in [1.82, 2.24) is 4.90 Å². The fraction of sp³-hybridized carbons (Fsp3) is 0.667. The zero-order valence-corrected chi connectivity index (χ0v) is 12.9. The van der Waals surface area contributed by atoms with Gasteiger partial charge in [0.15, 0.2) is 0 Å². The first-order valence-corrected chi connectivity index (χ1v) is 8.26. The molecule has 1 heterocycles. The third-order valence-electron chi connectivity index (χ3n) is 5.09. The highest BCUT2D eigenvalue weighted by Crippen LogP contribution is 2.41. The van der Waals surface area contributed by atoms with E-state index in [1.54, 1.807) is 0 Å². The summed E-state index contributed by atoms with van der Waals surface area (Å²) in [5.74, 6) is 1.46. The van der Waals surface area contributed by atoms with Gasteiger partial charge in [-0.1, -0.05) is 24.3 Å². The van der Waals surface area contributed by atoms with Crippen molar-refractivity contribution >= 4 is 0 Å². The second kappa shape index (κ2) is 5.87. The largest absolute Gasteiger partial charge is 0.330 e. The van der Waals surface area contributed by atoms with E-state index in [1.165, 1.54) is 43.4 Å². The fourth-order valence-corrected chi connectivity index (χ4v) is 3.78. The number of benzene rings is 1. The molecule has 2 nitrogen and oxygen atoms in total. The number of likely N-dealkylation sites (tertiary alicyclic amines) is 1. The molecule has 3 rings (SSSR count). The maximum Gasteiger partial charge on any atom is 0.0391 e. The van der Waals surface area contributed by atoms with Crippen molar-refractivity contribution in [1.29, 1.82) is 0 Å². The van der Waals surface area contributed by atoms with Crippen molar-refractivity contribution in [2.24, 2.45) is 11.7 Å². The monoisotopic (exact) mass is 272 g/mol. The molecule has 0 spiro atoms. The minimum atomic E-state index is 0.516. The quantitative estimate of drug-likeness (QED) is 0.906. The summed E-state index contributed by atoms with van der Waals surface area (Å²) in [6, 6.07) is 10.5. The lowest BCUT2D eigenvalue weighted by molar-refractivity contribution is 0.0665. The minimum Gasteiger partial charge on any atom is -0.330 e.